The van der Waals surface area contributed by atoms with E-state index in [1.165, 1.54) is 48.2 Å². The predicted octanol–water partition coefficient (Wildman–Crippen LogP) is 5.25. The van der Waals surface area contributed by atoms with Crippen molar-refractivity contribution in [2.75, 3.05) is 13.1 Å². The molecule has 2 nitrogen and oxygen atoms in total. The third-order valence-corrected chi connectivity index (χ3v) is 5.22. The molecule has 0 aromatic heterocycles. The Labute approximate surface area is 155 Å². The molecule has 1 N–H and O–H groups in total. The smallest absolute Gasteiger partial charge is 0.115 e. The number of aromatic hydroxyl groups is 1. The lowest BCUT2D eigenvalue weighted by Gasteiger charge is -2.15. The second kappa shape index (κ2) is 7.76. The highest BCUT2D eigenvalue weighted by molar-refractivity contribution is 5.68. The highest BCUT2D eigenvalue weighted by atomic mass is 16.3. The van der Waals surface area contributed by atoms with Gasteiger partial charge in [-0.3, -0.25) is 4.90 Å². The number of hydrogen-bond acceptors (Lipinski definition) is 2. The van der Waals surface area contributed by atoms with Crippen LogP contribution in [-0.2, 0) is 13.0 Å². The minimum absolute atomic E-state index is 0.305. The third kappa shape index (κ3) is 3.97. The SMILES string of the molecule is Oc1ccc(-c2ccccc2Cc2ccc(CN3CCCC3)cc2)cc1. The molecule has 0 radical (unpaired) electrons. The molecule has 1 aliphatic rings. The van der Waals surface area contributed by atoms with Gasteiger partial charge in [-0.2, -0.15) is 0 Å². The fourth-order valence-electron chi connectivity index (χ4n) is 3.78. The van der Waals surface area contributed by atoms with E-state index in [1.807, 2.05) is 12.1 Å². The first-order valence-corrected chi connectivity index (χ1v) is 9.45. The standard InChI is InChI=1S/C24H25NO/c26-23-13-11-21(12-14-23)24-6-2-1-5-22(24)17-19-7-9-20(10-8-19)18-25-15-3-4-16-25/h1-2,5-14,26H,3-4,15-18H2. The Kier molecular flexibility index (Phi) is 5.03. The molecule has 0 bridgehead atoms. The quantitative estimate of drug-likeness (QED) is 0.684. The summed E-state index contributed by atoms with van der Waals surface area (Å²) in [7, 11) is 0. The van der Waals surface area contributed by atoms with Crippen LogP contribution in [0, 0.1) is 0 Å². The normalized spacial score (nSPS) is 14.6. The van der Waals surface area contributed by atoms with Gasteiger partial charge in [0.15, 0.2) is 0 Å². The van der Waals surface area contributed by atoms with Crippen molar-refractivity contribution in [3.63, 3.8) is 0 Å². The maximum absolute atomic E-state index is 9.53. The fraction of sp³-hybridized carbons (Fsp3) is 0.250. The van der Waals surface area contributed by atoms with Crippen molar-refractivity contribution < 1.29 is 5.11 Å². The first kappa shape index (κ1) is 16.9. The lowest BCUT2D eigenvalue weighted by Crippen LogP contribution is -2.18. The van der Waals surface area contributed by atoms with Crippen molar-refractivity contribution in [3.05, 3.63) is 89.5 Å². The Morgan fingerprint density at radius 2 is 1.38 bits per heavy atom. The summed E-state index contributed by atoms with van der Waals surface area (Å²) < 4.78 is 0. The molecule has 4 rings (SSSR count). The molecular formula is C24H25NO. The van der Waals surface area contributed by atoms with Gasteiger partial charge in [-0.25, -0.2) is 0 Å². The molecular weight excluding hydrogens is 318 g/mol. The average molecular weight is 343 g/mol. The molecule has 3 aromatic rings. The zero-order valence-electron chi connectivity index (χ0n) is 15.1. The number of phenolic OH excluding ortho intramolecular Hbond substituents is 1. The molecule has 1 saturated heterocycles. The Bertz CT molecular complexity index is 846. The van der Waals surface area contributed by atoms with Crippen LogP contribution >= 0.6 is 0 Å². The van der Waals surface area contributed by atoms with Crippen molar-refractivity contribution in [2.24, 2.45) is 0 Å². The summed E-state index contributed by atoms with van der Waals surface area (Å²) in [5, 5.41) is 9.53. The maximum Gasteiger partial charge on any atom is 0.115 e. The van der Waals surface area contributed by atoms with Gasteiger partial charge in [0.05, 0.1) is 0 Å². The number of likely N-dealkylation sites (tertiary alicyclic amines) is 1. The fourth-order valence-corrected chi connectivity index (χ4v) is 3.78. The van der Waals surface area contributed by atoms with E-state index in [2.05, 4.69) is 53.4 Å². The predicted molar refractivity (Wildman–Crippen MR) is 107 cm³/mol. The van der Waals surface area contributed by atoms with Crippen LogP contribution in [0.25, 0.3) is 11.1 Å². The number of nitrogens with zero attached hydrogens (tertiary/aromatic N) is 1. The molecule has 0 aliphatic carbocycles. The molecule has 0 unspecified atom stereocenters. The molecule has 0 saturated carbocycles. The zero-order chi connectivity index (χ0) is 17.8. The third-order valence-electron chi connectivity index (χ3n) is 5.22. The van der Waals surface area contributed by atoms with E-state index in [0.29, 0.717) is 5.75 Å². The van der Waals surface area contributed by atoms with Gasteiger partial charge in [0, 0.05) is 6.54 Å². The van der Waals surface area contributed by atoms with Crippen LogP contribution in [0.1, 0.15) is 29.5 Å². The molecule has 132 valence electrons. The van der Waals surface area contributed by atoms with Crippen LogP contribution < -0.4 is 0 Å². The van der Waals surface area contributed by atoms with Crippen molar-refractivity contribution in [2.45, 2.75) is 25.8 Å². The summed E-state index contributed by atoms with van der Waals surface area (Å²) >= 11 is 0. The van der Waals surface area contributed by atoms with Crippen LogP contribution in [0.4, 0.5) is 0 Å². The number of rotatable bonds is 5. The van der Waals surface area contributed by atoms with Gasteiger partial charge < -0.3 is 5.11 Å². The van der Waals surface area contributed by atoms with Gasteiger partial charge in [0.1, 0.15) is 5.75 Å². The van der Waals surface area contributed by atoms with E-state index in [9.17, 15) is 5.11 Å². The highest BCUT2D eigenvalue weighted by Gasteiger charge is 2.11. The van der Waals surface area contributed by atoms with Crippen molar-refractivity contribution in [1.82, 2.24) is 4.90 Å². The molecule has 1 fully saturated rings. The van der Waals surface area contributed by atoms with Crippen LogP contribution in [0.5, 0.6) is 5.75 Å². The summed E-state index contributed by atoms with van der Waals surface area (Å²) in [6, 6.07) is 25.1. The summed E-state index contributed by atoms with van der Waals surface area (Å²) in [6.45, 7) is 3.55. The Balaban J connectivity index is 1.51. The van der Waals surface area contributed by atoms with Gasteiger partial charge in [-0.05, 0) is 72.3 Å². The molecule has 0 spiro atoms. The van der Waals surface area contributed by atoms with Gasteiger partial charge in [0.2, 0.25) is 0 Å². The molecule has 0 amide bonds. The first-order valence-electron chi connectivity index (χ1n) is 9.45. The van der Waals surface area contributed by atoms with E-state index < -0.39 is 0 Å². The van der Waals surface area contributed by atoms with Crippen LogP contribution in [0.2, 0.25) is 0 Å². The summed E-state index contributed by atoms with van der Waals surface area (Å²) in [4.78, 5) is 2.54. The molecule has 1 aliphatic heterocycles. The number of hydrogen-bond donors (Lipinski definition) is 1. The van der Waals surface area contributed by atoms with E-state index in [4.69, 9.17) is 0 Å². The Hall–Kier alpha value is -2.58. The molecule has 0 atom stereocenters. The monoisotopic (exact) mass is 343 g/mol. The molecule has 2 heteroatoms. The highest BCUT2D eigenvalue weighted by Crippen LogP contribution is 2.27. The van der Waals surface area contributed by atoms with Crippen molar-refractivity contribution in [3.8, 4) is 16.9 Å². The molecule has 1 heterocycles. The summed E-state index contributed by atoms with van der Waals surface area (Å²) in [5.74, 6) is 0.305. The van der Waals surface area contributed by atoms with E-state index in [1.54, 1.807) is 12.1 Å². The molecule has 3 aromatic carbocycles. The lowest BCUT2D eigenvalue weighted by molar-refractivity contribution is 0.331. The minimum atomic E-state index is 0.305. The Morgan fingerprint density at radius 3 is 2.12 bits per heavy atom. The van der Waals surface area contributed by atoms with Crippen LogP contribution in [0.3, 0.4) is 0 Å². The number of phenols is 1. The maximum atomic E-state index is 9.53. The average Bonchev–Trinajstić information content (AvgIpc) is 3.18. The van der Waals surface area contributed by atoms with Gasteiger partial charge in [0.25, 0.3) is 0 Å². The van der Waals surface area contributed by atoms with Gasteiger partial charge in [-0.15, -0.1) is 0 Å². The van der Waals surface area contributed by atoms with Gasteiger partial charge in [-0.1, -0.05) is 60.7 Å². The lowest BCUT2D eigenvalue weighted by atomic mass is 9.94. The number of benzene rings is 3. The van der Waals surface area contributed by atoms with E-state index in [0.717, 1.165) is 18.5 Å². The Morgan fingerprint density at radius 1 is 0.731 bits per heavy atom. The molecule has 26 heavy (non-hydrogen) atoms. The van der Waals surface area contributed by atoms with E-state index in [-0.39, 0.29) is 0 Å². The second-order valence-corrected chi connectivity index (χ2v) is 7.18. The van der Waals surface area contributed by atoms with Crippen LogP contribution in [-0.4, -0.2) is 23.1 Å². The first-order chi connectivity index (χ1) is 12.8. The minimum Gasteiger partial charge on any atom is -0.508 e. The topological polar surface area (TPSA) is 23.5 Å². The zero-order valence-corrected chi connectivity index (χ0v) is 15.1. The van der Waals surface area contributed by atoms with Crippen molar-refractivity contribution >= 4 is 0 Å². The largest absolute Gasteiger partial charge is 0.508 e. The summed E-state index contributed by atoms with van der Waals surface area (Å²) in [6.07, 6.45) is 3.60. The van der Waals surface area contributed by atoms with Crippen molar-refractivity contribution in [1.29, 1.82) is 0 Å². The van der Waals surface area contributed by atoms with Gasteiger partial charge >= 0.3 is 0 Å². The van der Waals surface area contributed by atoms with Crippen LogP contribution in [0.15, 0.2) is 72.8 Å². The van der Waals surface area contributed by atoms with E-state index >= 15 is 0 Å². The second-order valence-electron chi connectivity index (χ2n) is 7.18. The summed E-state index contributed by atoms with van der Waals surface area (Å²) in [5.41, 5.74) is 6.42.